The Morgan fingerprint density at radius 1 is 1.34 bits per heavy atom. The van der Waals surface area contributed by atoms with Crippen LogP contribution in [0.3, 0.4) is 0 Å². The third-order valence-electron chi connectivity index (χ3n) is 4.00. The molecule has 0 unspecified atom stereocenters. The lowest BCUT2D eigenvalue weighted by atomic mass is 10.2. The molecule has 0 N–H and O–H groups in total. The Bertz CT molecular complexity index is 998. The van der Waals surface area contributed by atoms with E-state index in [2.05, 4.69) is 16.8 Å². The van der Waals surface area contributed by atoms with E-state index in [-0.39, 0.29) is 6.61 Å². The molecule has 0 bridgehead atoms. The fraction of sp³-hybridized carbons (Fsp3) is 0.250. The van der Waals surface area contributed by atoms with Crippen molar-refractivity contribution in [2.45, 2.75) is 31.0 Å². The predicted molar refractivity (Wildman–Crippen MR) is 110 cm³/mol. The van der Waals surface area contributed by atoms with Crippen molar-refractivity contribution in [2.24, 2.45) is 0 Å². The van der Waals surface area contributed by atoms with Crippen LogP contribution in [0.1, 0.15) is 27.7 Å². The molecule has 3 aromatic rings. The minimum Gasteiger partial charge on any atom is -0.486 e. The molecule has 0 fully saturated rings. The summed E-state index contributed by atoms with van der Waals surface area (Å²) in [5.41, 5.74) is 0.424. The van der Waals surface area contributed by atoms with Crippen LogP contribution in [-0.2, 0) is 23.6 Å². The molecule has 3 rings (SSSR count). The number of thioether (sulfide) groups is 1. The fourth-order valence-corrected chi connectivity index (χ4v) is 3.56. The van der Waals surface area contributed by atoms with E-state index in [4.69, 9.17) is 25.5 Å². The van der Waals surface area contributed by atoms with Crippen molar-refractivity contribution in [3.05, 3.63) is 70.9 Å². The maximum absolute atomic E-state index is 11.7. The highest BCUT2D eigenvalue weighted by atomic mass is 35.5. The van der Waals surface area contributed by atoms with Gasteiger partial charge in [-0.05, 0) is 37.3 Å². The van der Waals surface area contributed by atoms with Crippen molar-refractivity contribution in [1.82, 2.24) is 14.8 Å². The highest BCUT2D eigenvalue weighted by Gasteiger charge is 2.17. The summed E-state index contributed by atoms with van der Waals surface area (Å²) in [6.07, 6.45) is 1.77. The Morgan fingerprint density at radius 2 is 2.10 bits per heavy atom. The molecular weight excluding hydrogens is 414 g/mol. The average molecular weight is 434 g/mol. The Labute approximate surface area is 177 Å². The molecule has 2 heterocycles. The van der Waals surface area contributed by atoms with Crippen molar-refractivity contribution in [1.29, 1.82) is 0 Å². The largest absolute Gasteiger partial charge is 0.486 e. The van der Waals surface area contributed by atoms with Crippen LogP contribution < -0.4 is 4.74 Å². The summed E-state index contributed by atoms with van der Waals surface area (Å²) < 4.78 is 18.1. The van der Waals surface area contributed by atoms with Crippen molar-refractivity contribution < 1.29 is 18.7 Å². The molecule has 0 saturated carbocycles. The molecule has 0 aliphatic carbocycles. The quantitative estimate of drug-likeness (QED) is 0.275. The summed E-state index contributed by atoms with van der Waals surface area (Å²) in [5.74, 6) is 2.62. The monoisotopic (exact) mass is 433 g/mol. The zero-order chi connectivity index (χ0) is 20.8. The van der Waals surface area contributed by atoms with Gasteiger partial charge in [-0.3, -0.25) is 4.57 Å². The van der Waals surface area contributed by atoms with E-state index in [1.165, 1.54) is 18.9 Å². The summed E-state index contributed by atoms with van der Waals surface area (Å²) in [4.78, 5) is 11.7. The Morgan fingerprint density at radius 3 is 2.79 bits per heavy atom. The van der Waals surface area contributed by atoms with Crippen LogP contribution in [0.15, 0.2) is 52.6 Å². The Balaban J connectivity index is 1.69. The Hall–Kier alpha value is -2.71. The summed E-state index contributed by atoms with van der Waals surface area (Å²) in [6, 6.07) is 8.81. The number of methoxy groups -OCH3 is 1. The number of aromatic nitrogens is 3. The second-order valence-corrected chi connectivity index (χ2v) is 7.38. The van der Waals surface area contributed by atoms with E-state index >= 15 is 0 Å². The number of hydrogen-bond acceptors (Lipinski definition) is 7. The van der Waals surface area contributed by atoms with Gasteiger partial charge < -0.3 is 13.9 Å². The lowest BCUT2D eigenvalue weighted by molar-refractivity contribution is 0.0599. The van der Waals surface area contributed by atoms with Gasteiger partial charge in [-0.15, -0.1) is 16.8 Å². The molecule has 0 amide bonds. The minimum absolute atomic E-state index is 0.259. The number of benzene rings is 1. The summed E-state index contributed by atoms with van der Waals surface area (Å²) in [6.45, 7) is 6.33. The number of esters is 1. The van der Waals surface area contributed by atoms with E-state index < -0.39 is 5.97 Å². The topological polar surface area (TPSA) is 79.4 Å². The standard InChI is InChI=1S/C20H20ClN3O4S/c1-4-9-24-18(11-27-15-7-5-14(21)6-8-15)22-23-20(24)29-12-16-10-17(13(2)28-16)19(25)26-3/h4-8,10H,1,9,11-12H2,2-3H3. The van der Waals surface area contributed by atoms with Gasteiger partial charge in [0.05, 0.1) is 12.9 Å². The van der Waals surface area contributed by atoms with E-state index in [1.54, 1.807) is 43.3 Å². The van der Waals surface area contributed by atoms with Gasteiger partial charge in [-0.25, -0.2) is 4.79 Å². The van der Waals surface area contributed by atoms with Crippen molar-refractivity contribution in [3.8, 4) is 5.75 Å². The maximum atomic E-state index is 11.7. The molecule has 152 valence electrons. The fourth-order valence-electron chi connectivity index (χ4n) is 2.59. The van der Waals surface area contributed by atoms with Crippen LogP contribution in [0.25, 0.3) is 0 Å². The van der Waals surface area contributed by atoms with Gasteiger partial charge in [0.2, 0.25) is 0 Å². The maximum Gasteiger partial charge on any atom is 0.341 e. The first-order chi connectivity index (χ1) is 14.0. The third kappa shape index (κ3) is 5.21. The van der Waals surface area contributed by atoms with E-state index in [9.17, 15) is 4.79 Å². The number of halogens is 1. The smallest absolute Gasteiger partial charge is 0.341 e. The van der Waals surface area contributed by atoms with E-state index in [0.717, 1.165) is 0 Å². The van der Waals surface area contributed by atoms with Gasteiger partial charge in [0.1, 0.15) is 29.4 Å². The summed E-state index contributed by atoms with van der Waals surface area (Å²) in [5, 5.41) is 9.83. The molecule has 0 radical (unpaired) electrons. The SMILES string of the molecule is C=CCn1c(COc2ccc(Cl)cc2)nnc1SCc1cc(C(=O)OC)c(C)o1. The first-order valence-corrected chi connectivity index (χ1v) is 10.1. The van der Waals surface area contributed by atoms with Crippen LogP contribution in [0, 0.1) is 6.92 Å². The molecule has 2 aromatic heterocycles. The highest BCUT2D eigenvalue weighted by Crippen LogP contribution is 2.26. The molecule has 0 saturated heterocycles. The van der Waals surface area contributed by atoms with Gasteiger partial charge >= 0.3 is 5.97 Å². The van der Waals surface area contributed by atoms with Crippen molar-refractivity contribution in [3.63, 3.8) is 0 Å². The van der Waals surface area contributed by atoms with Gasteiger partial charge in [-0.2, -0.15) is 0 Å². The van der Waals surface area contributed by atoms with Gasteiger partial charge in [-0.1, -0.05) is 29.4 Å². The lowest BCUT2D eigenvalue weighted by Gasteiger charge is -2.09. The van der Waals surface area contributed by atoms with Crippen LogP contribution in [0.4, 0.5) is 0 Å². The summed E-state index contributed by atoms with van der Waals surface area (Å²) >= 11 is 7.34. The minimum atomic E-state index is -0.418. The lowest BCUT2D eigenvalue weighted by Crippen LogP contribution is -2.07. The number of rotatable bonds is 9. The second-order valence-electron chi connectivity index (χ2n) is 6.00. The molecule has 29 heavy (non-hydrogen) atoms. The molecule has 0 aliphatic rings. The number of carbonyl (C=O) groups excluding carboxylic acids is 1. The molecule has 0 atom stereocenters. The van der Waals surface area contributed by atoms with Crippen molar-refractivity contribution >= 4 is 29.3 Å². The summed E-state index contributed by atoms with van der Waals surface area (Å²) in [7, 11) is 1.34. The predicted octanol–water partition coefficient (Wildman–Crippen LogP) is 4.68. The molecule has 1 aromatic carbocycles. The number of carbonyl (C=O) groups is 1. The van der Waals surface area contributed by atoms with Crippen LogP contribution in [0.2, 0.25) is 5.02 Å². The molecule has 0 spiro atoms. The molecule has 7 nitrogen and oxygen atoms in total. The number of furan rings is 1. The average Bonchev–Trinajstić information content (AvgIpc) is 3.28. The second kappa shape index (κ2) is 9.67. The number of nitrogens with zero attached hydrogens (tertiary/aromatic N) is 3. The Kier molecular flexibility index (Phi) is 7.00. The zero-order valence-electron chi connectivity index (χ0n) is 16.1. The van der Waals surface area contributed by atoms with E-state index in [0.29, 0.717) is 51.1 Å². The first kappa shape index (κ1) is 21.0. The van der Waals surface area contributed by atoms with Gasteiger partial charge in [0.15, 0.2) is 11.0 Å². The van der Waals surface area contributed by atoms with Crippen LogP contribution in [0.5, 0.6) is 5.75 Å². The van der Waals surface area contributed by atoms with Crippen molar-refractivity contribution in [2.75, 3.05) is 7.11 Å². The van der Waals surface area contributed by atoms with E-state index in [1.807, 2.05) is 4.57 Å². The van der Waals surface area contributed by atoms with Gasteiger partial charge in [0.25, 0.3) is 0 Å². The third-order valence-corrected chi connectivity index (χ3v) is 5.25. The highest BCUT2D eigenvalue weighted by molar-refractivity contribution is 7.98. The molecule has 0 aliphatic heterocycles. The van der Waals surface area contributed by atoms with Gasteiger partial charge in [0, 0.05) is 11.6 Å². The zero-order valence-corrected chi connectivity index (χ0v) is 17.6. The number of aryl methyl sites for hydroxylation is 1. The number of ether oxygens (including phenoxy) is 2. The number of hydrogen-bond donors (Lipinski definition) is 0. The molecular formula is C20H20ClN3O4S. The van der Waals surface area contributed by atoms with Crippen LogP contribution in [-0.4, -0.2) is 27.8 Å². The number of allylic oxidation sites excluding steroid dienone is 1. The van der Waals surface area contributed by atoms with Crippen LogP contribution >= 0.6 is 23.4 Å². The molecule has 9 heteroatoms. The first-order valence-electron chi connectivity index (χ1n) is 8.73. The normalized spacial score (nSPS) is 10.7.